The average molecular weight is 1720 g/mol. The van der Waals surface area contributed by atoms with E-state index in [9.17, 15) is 0 Å². The number of benzene rings is 21. The summed E-state index contributed by atoms with van der Waals surface area (Å²) >= 11 is 0. The van der Waals surface area contributed by atoms with Crippen molar-refractivity contribution in [2.45, 2.75) is 57.8 Å². The van der Waals surface area contributed by atoms with E-state index in [-0.39, 0.29) is 16.2 Å². The van der Waals surface area contributed by atoms with E-state index < -0.39 is 0 Å². The molecule has 0 saturated heterocycles. The van der Waals surface area contributed by atoms with Crippen molar-refractivity contribution in [3.63, 3.8) is 0 Å². The summed E-state index contributed by atoms with van der Waals surface area (Å²) in [4.78, 5) is 24.4. The topological polar surface area (TPSA) is 64.5 Å². The summed E-state index contributed by atoms with van der Waals surface area (Å²) in [5.74, 6) is 0. The molecule has 0 spiro atoms. The molecule has 3 aliphatic rings. The van der Waals surface area contributed by atoms with Crippen LogP contribution in [0.3, 0.4) is 0 Å². The highest BCUT2D eigenvalue weighted by atomic mass is 14.8. The van der Waals surface area contributed by atoms with Gasteiger partial charge in [-0.05, 0) is 250 Å². The van der Waals surface area contributed by atoms with Crippen LogP contribution in [0.1, 0.15) is 74.9 Å². The van der Waals surface area contributed by atoms with Crippen LogP contribution in [0.2, 0.25) is 0 Å². The van der Waals surface area contributed by atoms with Gasteiger partial charge >= 0.3 is 0 Å². The second kappa shape index (κ2) is 29.6. The normalized spacial score (nSPS) is 13.6. The van der Waals surface area contributed by atoms with Crippen LogP contribution in [0.25, 0.3) is 252 Å². The third-order valence-corrected chi connectivity index (χ3v) is 30.4. The van der Waals surface area contributed by atoms with Gasteiger partial charge in [-0.3, -0.25) is 9.97 Å². The van der Waals surface area contributed by atoms with Crippen molar-refractivity contribution in [1.29, 1.82) is 0 Å². The molecule has 21 aromatic carbocycles. The number of nitrogens with zero attached hydrogens (tertiary/aromatic N) is 5. The molecule has 5 nitrogen and oxygen atoms in total. The Morgan fingerprint density at radius 2 is 0.437 bits per heavy atom. The Labute approximate surface area is 782 Å². The lowest BCUT2D eigenvalue weighted by atomic mass is 9.78. The van der Waals surface area contributed by atoms with Crippen LogP contribution in [-0.4, -0.2) is 24.9 Å². The standard InChI is InChI=1S/2C45H30N2.C40H27N/c1-45(2)38-11-5-3-9-36(38)44-43(45)42(37-10-4-6-12-39(37)47-44)30-15-13-27(14-16-30)32-21-17-28-20-24-35-33(31-8-7-25-46-26-31)22-18-29-19-23-34(32)40(28)41(29)35;1-45(2)38-9-5-3-7-36(38)44-43(45)42(37-8-4-6-10-39(37)47-44)31-13-11-27(12-14-31)32-19-15-29-18-22-35-33(28-23-25-46-26-24-28)20-16-30-17-21-34(32)40(29)41(30)35;1-40(2)33-12-5-3-10-31(33)39-38(40)37(32-11-4-6-13-34(32)41-39)28-16-14-24(15-17-28)29-22-20-27-19-18-25-8-7-9-26-21-23-30(29)36(27)35(25)26/h2*3-26H,1-2H3;3-23H,1-2H3. The van der Waals surface area contributed by atoms with Gasteiger partial charge in [-0.1, -0.05) is 399 Å². The maximum absolute atomic E-state index is 5.24. The lowest BCUT2D eigenvalue weighted by Gasteiger charge is -2.25. The number of hydrogen-bond donors (Lipinski definition) is 0. The molecule has 0 amide bonds. The summed E-state index contributed by atoms with van der Waals surface area (Å²) < 4.78 is 0. The van der Waals surface area contributed by atoms with Crippen molar-refractivity contribution in [2.24, 2.45) is 0 Å². The maximum Gasteiger partial charge on any atom is 0.0759 e. The molecule has 5 heterocycles. The zero-order valence-corrected chi connectivity index (χ0v) is 75.6. The molecule has 0 atom stereocenters. The van der Waals surface area contributed by atoms with Crippen molar-refractivity contribution >= 4 is 130 Å². The van der Waals surface area contributed by atoms with Crippen LogP contribution in [0.4, 0.5) is 0 Å². The molecule has 0 aliphatic heterocycles. The van der Waals surface area contributed by atoms with E-state index >= 15 is 0 Å². The minimum Gasteiger partial charge on any atom is -0.265 e. The average Bonchev–Trinajstić information content (AvgIpc) is 1.62. The second-order valence-corrected chi connectivity index (χ2v) is 38.7. The number of aromatic nitrogens is 5. The molecule has 0 fully saturated rings. The first-order valence-corrected chi connectivity index (χ1v) is 47.1. The molecule has 0 N–H and O–H groups in total. The van der Waals surface area contributed by atoms with Crippen LogP contribution in [0.5, 0.6) is 0 Å². The summed E-state index contributed by atoms with van der Waals surface area (Å²) in [6, 6.07) is 145. The molecular weight excluding hydrogens is 1630 g/mol. The van der Waals surface area contributed by atoms with Crippen molar-refractivity contribution in [1.82, 2.24) is 24.9 Å². The molecular formula is C130H87N5. The molecule has 5 aromatic heterocycles. The summed E-state index contributed by atoms with van der Waals surface area (Å²) in [7, 11) is 0. The summed E-state index contributed by atoms with van der Waals surface area (Å²) in [5.41, 5.74) is 37.6. The monoisotopic (exact) mass is 1720 g/mol. The van der Waals surface area contributed by atoms with Crippen LogP contribution < -0.4 is 0 Å². The Hall–Kier alpha value is -16.7. The number of pyridine rings is 5. The van der Waals surface area contributed by atoms with Gasteiger partial charge in [-0.15, -0.1) is 0 Å². The molecule has 0 radical (unpaired) electrons. The number of rotatable bonds is 8. The van der Waals surface area contributed by atoms with E-state index in [1.54, 1.807) is 0 Å². The molecule has 29 rings (SSSR count). The maximum atomic E-state index is 5.24. The fraction of sp³-hybridized carbons (Fsp3) is 0.0692. The molecule has 135 heavy (non-hydrogen) atoms. The minimum absolute atomic E-state index is 0.136. The lowest BCUT2D eigenvalue weighted by Crippen LogP contribution is -2.16. The fourth-order valence-corrected chi connectivity index (χ4v) is 24.2. The molecule has 0 saturated carbocycles. The van der Waals surface area contributed by atoms with E-state index in [0.717, 1.165) is 39.2 Å². The third-order valence-electron chi connectivity index (χ3n) is 30.4. The van der Waals surface area contributed by atoms with E-state index in [1.807, 2.05) is 30.9 Å². The Balaban J connectivity index is 0.000000103. The summed E-state index contributed by atoms with van der Waals surface area (Å²) in [5, 5.41) is 27.0. The van der Waals surface area contributed by atoms with Crippen LogP contribution >= 0.6 is 0 Å². The number of para-hydroxylation sites is 3. The lowest BCUT2D eigenvalue weighted by molar-refractivity contribution is 0.661. The fourth-order valence-electron chi connectivity index (χ4n) is 24.2. The van der Waals surface area contributed by atoms with Gasteiger partial charge in [-0.2, -0.15) is 0 Å². The minimum atomic E-state index is -0.155. The van der Waals surface area contributed by atoms with Crippen molar-refractivity contribution in [3.8, 4) is 123 Å². The van der Waals surface area contributed by atoms with E-state index in [4.69, 9.17) is 15.0 Å². The Morgan fingerprint density at radius 3 is 0.763 bits per heavy atom. The Morgan fingerprint density at radius 1 is 0.170 bits per heavy atom. The first kappa shape index (κ1) is 78.1. The molecule has 3 aliphatic carbocycles. The zero-order valence-electron chi connectivity index (χ0n) is 75.6. The van der Waals surface area contributed by atoms with Crippen molar-refractivity contribution in [3.05, 3.63) is 452 Å². The van der Waals surface area contributed by atoms with Crippen LogP contribution in [0, 0.1) is 0 Å². The molecule has 632 valence electrons. The highest BCUT2D eigenvalue weighted by Crippen LogP contribution is 2.58. The van der Waals surface area contributed by atoms with Gasteiger partial charge in [0.05, 0.1) is 33.6 Å². The highest BCUT2D eigenvalue weighted by molar-refractivity contribution is 6.30. The van der Waals surface area contributed by atoms with Crippen LogP contribution in [-0.2, 0) is 16.2 Å². The van der Waals surface area contributed by atoms with Crippen LogP contribution in [0.15, 0.2) is 419 Å². The van der Waals surface area contributed by atoms with Gasteiger partial charge in [0.2, 0.25) is 0 Å². The van der Waals surface area contributed by atoms with Gasteiger partial charge in [0.1, 0.15) is 0 Å². The van der Waals surface area contributed by atoms with E-state index in [1.165, 1.54) is 247 Å². The predicted octanol–water partition coefficient (Wildman–Crippen LogP) is 34.4. The first-order valence-electron chi connectivity index (χ1n) is 47.1. The summed E-state index contributed by atoms with van der Waals surface area (Å²) in [6.45, 7) is 14.1. The van der Waals surface area contributed by atoms with Crippen molar-refractivity contribution in [2.75, 3.05) is 0 Å². The quantitative estimate of drug-likeness (QED) is 0.142. The van der Waals surface area contributed by atoms with Gasteiger partial charge in [0.15, 0.2) is 0 Å². The Bertz CT molecular complexity index is 9020. The number of hydrogen-bond acceptors (Lipinski definition) is 5. The van der Waals surface area contributed by atoms with Gasteiger partial charge in [0.25, 0.3) is 0 Å². The van der Waals surface area contributed by atoms with Gasteiger partial charge in [-0.25, -0.2) is 15.0 Å². The van der Waals surface area contributed by atoms with Gasteiger partial charge < -0.3 is 0 Å². The number of fused-ring (bicyclic) bond motifs is 12. The van der Waals surface area contributed by atoms with E-state index in [2.05, 4.69) is 440 Å². The molecule has 26 aromatic rings. The first-order chi connectivity index (χ1) is 66.2. The second-order valence-electron chi connectivity index (χ2n) is 38.7. The summed E-state index contributed by atoms with van der Waals surface area (Å²) in [6.07, 6.45) is 7.54. The SMILES string of the molecule is CC1(C)c2ccccc2-c2nc3ccccc3c(-c3ccc(-c4ccc5ccc6c(-c7cccnc7)ccc7ccc4c5c76)cc3)c21.CC1(C)c2ccccc2-c2nc3ccccc3c(-c3ccc(-c4ccc5ccc6c(-c7ccncc7)ccc7ccc4c5c76)cc3)c21.CC1(C)c2ccccc2-c2nc3ccccc3c(-c3ccc(-c4ccc5ccc6cccc7ccc4c5c67)cc3)c21. The molecule has 0 bridgehead atoms. The molecule has 5 heteroatoms. The molecule has 0 unspecified atom stereocenters. The van der Waals surface area contributed by atoms with Gasteiger partial charge in [0, 0.05) is 79.4 Å². The van der Waals surface area contributed by atoms with Crippen molar-refractivity contribution < 1.29 is 0 Å². The Kier molecular flexibility index (Phi) is 17.2. The zero-order chi connectivity index (χ0) is 89.8. The van der Waals surface area contributed by atoms with E-state index in [0.29, 0.717) is 0 Å². The largest absolute Gasteiger partial charge is 0.265 e. The smallest absolute Gasteiger partial charge is 0.0759 e. The predicted molar refractivity (Wildman–Crippen MR) is 568 cm³/mol. The third kappa shape index (κ3) is 11.7. The highest BCUT2D eigenvalue weighted by Gasteiger charge is 2.43.